The lowest BCUT2D eigenvalue weighted by Gasteiger charge is -2.48. The molecule has 0 heterocycles. The summed E-state index contributed by atoms with van der Waals surface area (Å²) in [6, 6.07) is 17.5. The van der Waals surface area contributed by atoms with Gasteiger partial charge in [0.25, 0.3) is 5.91 Å². The van der Waals surface area contributed by atoms with Crippen LogP contribution in [-0.2, 0) is 5.41 Å². The van der Waals surface area contributed by atoms with Gasteiger partial charge in [-0.2, -0.15) is 0 Å². The minimum absolute atomic E-state index is 0.0175. The highest BCUT2D eigenvalue weighted by molar-refractivity contribution is 14.1. The molecule has 0 unspecified atom stereocenters. The summed E-state index contributed by atoms with van der Waals surface area (Å²) >= 11 is 1.82. The van der Waals surface area contributed by atoms with Crippen molar-refractivity contribution in [2.45, 2.75) is 57.8 Å². The minimum Gasteiger partial charge on any atom is -0.351 e. The maximum absolute atomic E-state index is 12.5. The molecule has 2 aromatic rings. The Bertz CT molecular complexity index is 908. The van der Waals surface area contributed by atoms with E-state index in [0.717, 1.165) is 38.5 Å². The Labute approximate surface area is 199 Å². The van der Waals surface area contributed by atoms with Crippen LogP contribution in [0, 0.1) is 5.41 Å². The molecule has 2 aromatic carbocycles. The van der Waals surface area contributed by atoms with Crippen molar-refractivity contribution in [2.75, 3.05) is 11.4 Å². The monoisotopic (exact) mass is 533 g/mol. The third-order valence-electron chi connectivity index (χ3n) is 7.37. The molecule has 1 saturated carbocycles. The highest BCUT2D eigenvalue weighted by Crippen LogP contribution is 2.50. The Morgan fingerprint density at radius 2 is 1.58 bits per heavy atom. The van der Waals surface area contributed by atoms with E-state index in [0.29, 0.717) is 17.8 Å². The number of nitrogens with two attached hydrogens (primary N) is 1. The first-order chi connectivity index (χ1) is 14.9. The van der Waals surface area contributed by atoms with E-state index in [1.165, 1.54) is 5.56 Å². The van der Waals surface area contributed by atoms with Crippen molar-refractivity contribution in [3.8, 4) is 0 Å². The van der Waals surface area contributed by atoms with Crippen molar-refractivity contribution in [1.82, 2.24) is 3.53 Å². The Hall–Kier alpha value is -2.09. The van der Waals surface area contributed by atoms with Crippen LogP contribution < -0.4 is 14.2 Å². The molecule has 1 fully saturated rings. The lowest BCUT2D eigenvalue weighted by molar-refractivity contribution is 0.0989. The van der Waals surface area contributed by atoms with Crippen LogP contribution >= 0.6 is 22.9 Å². The second-order valence-electron chi connectivity index (χ2n) is 8.72. The molecule has 6 heteroatoms. The largest absolute Gasteiger partial charge is 0.351 e. The minimum atomic E-state index is -0.517. The molecule has 0 aliphatic heterocycles. The molecule has 0 atom stereocenters. The lowest BCUT2D eigenvalue weighted by atomic mass is 9.59. The van der Waals surface area contributed by atoms with Crippen LogP contribution in [0.4, 0.5) is 10.5 Å². The van der Waals surface area contributed by atoms with Crippen molar-refractivity contribution in [1.29, 1.82) is 0 Å². The third-order valence-corrected chi connectivity index (χ3v) is 7.86. The summed E-state index contributed by atoms with van der Waals surface area (Å²) in [6.45, 7) is 5.00. The van der Waals surface area contributed by atoms with E-state index in [9.17, 15) is 9.59 Å². The average molecular weight is 533 g/mol. The number of nitrogens with one attached hydrogen (secondary N) is 1. The van der Waals surface area contributed by atoms with Gasteiger partial charge < -0.3 is 5.73 Å². The number of carbonyl (C=O) groups is 2. The SMILES string of the molecule is CCC1(CN(C(N)=O)c2ccccc2C(=O)NI)CCC(CC)(c2ccccc2)CC1. The fourth-order valence-corrected chi connectivity index (χ4v) is 5.38. The fraction of sp³-hybridized carbons (Fsp3) is 0.440. The highest BCUT2D eigenvalue weighted by Gasteiger charge is 2.43. The van der Waals surface area contributed by atoms with Crippen molar-refractivity contribution in [2.24, 2.45) is 11.1 Å². The summed E-state index contributed by atoms with van der Waals surface area (Å²) in [4.78, 5) is 26.5. The molecule has 0 spiro atoms. The number of urea groups is 1. The van der Waals surface area contributed by atoms with Gasteiger partial charge in [0.2, 0.25) is 0 Å². The molecule has 1 aliphatic carbocycles. The zero-order valence-electron chi connectivity index (χ0n) is 18.4. The van der Waals surface area contributed by atoms with Gasteiger partial charge in [0.1, 0.15) is 0 Å². The van der Waals surface area contributed by atoms with Gasteiger partial charge in [-0.15, -0.1) is 0 Å². The molecule has 0 saturated heterocycles. The van der Waals surface area contributed by atoms with Crippen molar-refractivity contribution >= 4 is 40.5 Å². The number of hydrogen-bond donors (Lipinski definition) is 2. The number of anilines is 1. The van der Waals surface area contributed by atoms with E-state index >= 15 is 0 Å². The molecule has 0 radical (unpaired) electrons. The quantitative estimate of drug-likeness (QED) is 0.340. The highest BCUT2D eigenvalue weighted by atomic mass is 127. The smallest absolute Gasteiger partial charge is 0.319 e. The third kappa shape index (κ3) is 4.89. The van der Waals surface area contributed by atoms with Gasteiger partial charge in [-0.25, -0.2) is 4.79 Å². The number of halogens is 1. The average Bonchev–Trinajstić information content (AvgIpc) is 2.83. The number of rotatable bonds is 7. The normalized spacial score (nSPS) is 23.2. The number of amides is 3. The van der Waals surface area contributed by atoms with Crippen molar-refractivity contribution in [3.63, 3.8) is 0 Å². The van der Waals surface area contributed by atoms with Gasteiger partial charge in [0.15, 0.2) is 0 Å². The van der Waals surface area contributed by atoms with Gasteiger partial charge in [-0.3, -0.25) is 13.2 Å². The summed E-state index contributed by atoms with van der Waals surface area (Å²) in [5.41, 5.74) is 8.46. The molecule has 3 amide bonds. The van der Waals surface area contributed by atoms with Gasteiger partial charge in [0, 0.05) is 6.54 Å². The van der Waals surface area contributed by atoms with E-state index in [-0.39, 0.29) is 16.7 Å². The maximum atomic E-state index is 12.5. The van der Waals surface area contributed by atoms with E-state index in [4.69, 9.17) is 5.73 Å². The number of primary amides is 1. The van der Waals surface area contributed by atoms with E-state index in [1.807, 2.05) is 28.9 Å². The Morgan fingerprint density at radius 1 is 0.968 bits per heavy atom. The first-order valence-corrected chi connectivity index (χ1v) is 12.1. The number of nitrogens with zero attached hydrogens (tertiary/aromatic N) is 1. The topological polar surface area (TPSA) is 75.4 Å². The molecule has 5 nitrogen and oxygen atoms in total. The molecule has 166 valence electrons. The number of benzene rings is 2. The van der Waals surface area contributed by atoms with Crippen LogP contribution in [0.1, 0.15) is 68.3 Å². The molecule has 3 rings (SSSR count). The first kappa shape index (κ1) is 23.6. The number of carbonyl (C=O) groups excluding carboxylic acids is 2. The summed E-state index contributed by atoms with van der Waals surface area (Å²) in [5, 5.41) is 0. The van der Waals surface area contributed by atoms with Crippen LogP contribution in [0.15, 0.2) is 54.6 Å². The Morgan fingerprint density at radius 3 is 2.13 bits per heavy atom. The van der Waals surface area contributed by atoms with Crippen molar-refractivity contribution in [3.05, 3.63) is 65.7 Å². The molecule has 3 N–H and O–H groups in total. The summed E-state index contributed by atoms with van der Waals surface area (Å²) in [6.07, 6.45) is 6.29. The predicted octanol–water partition coefficient (Wildman–Crippen LogP) is 5.97. The van der Waals surface area contributed by atoms with Crippen LogP contribution in [0.25, 0.3) is 0 Å². The lowest BCUT2D eigenvalue weighted by Crippen LogP contribution is -2.48. The Balaban J connectivity index is 1.88. The number of hydrogen-bond acceptors (Lipinski definition) is 2. The van der Waals surface area contributed by atoms with E-state index in [2.05, 4.69) is 47.7 Å². The summed E-state index contributed by atoms with van der Waals surface area (Å²) in [7, 11) is 0. The van der Waals surface area contributed by atoms with E-state index in [1.54, 1.807) is 23.1 Å². The summed E-state index contributed by atoms with van der Waals surface area (Å²) in [5.74, 6) is -0.231. The second kappa shape index (κ2) is 10.0. The van der Waals surface area contributed by atoms with Gasteiger partial charge in [0.05, 0.1) is 34.1 Å². The molecular formula is C25H32IN3O2. The second-order valence-corrected chi connectivity index (χ2v) is 9.26. The number of para-hydroxylation sites is 1. The van der Waals surface area contributed by atoms with Crippen LogP contribution in [0.2, 0.25) is 0 Å². The van der Waals surface area contributed by atoms with E-state index < -0.39 is 6.03 Å². The predicted molar refractivity (Wildman–Crippen MR) is 134 cm³/mol. The maximum Gasteiger partial charge on any atom is 0.319 e. The molecular weight excluding hydrogens is 501 g/mol. The first-order valence-electron chi connectivity index (χ1n) is 11.0. The summed E-state index contributed by atoms with van der Waals surface area (Å²) < 4.78 is 2.63. The zero-order valence-corrected chi connectivity index (χ0v) is 20.5. The van der Waals surface area contributed by atoms with Crippen molar-refractivity contribution < 1.29 is 9.59 Å². The van der Waals surface area contributed by atoms with Gasteiger partial charge in [-0.1, -0.05) is 56.3 Å². The molecule has 0 aromatic heterocycles. The Kier molecular flexibility index (Phi) is 7.62. The molecule has 0 bridgehead atoms. The van der Waals surface area contributed by atoms with Crippen LogP contribution in [0.3, 0.4) is 0 Å². The zero-order chi connectivity index (χ0) is 22.5. The fourth-order valence-electron chi connectivity index (χ4n) is 5.09. The van der Waals surface area contributed by atoms with Gasteiger partial charge >= 0.3 is 6.03 Å². The molecule has 1 aliphatic rings. The van der Waals surface area contributed by atoms with Gasteiger partial charge in [-0.05, 0) is 67.1 Å². The van der Waals surface area contributed by atoms with Crippen LogP contribution in [-0.4, -0.2) is 18.5 Å². The molecule has 31 heavy (non-hydrogen) atoms. The standard InChI is InChI=1S/C25H32IN3O2/c1-3-24(14-16-25(4-2,17-15-24)19-10-6-5-7-11-19)18-29(23(27)31)21-13-9-8-12-20(21)22(30)28-26/h5-13H,3-4,14-18H2,1-2H3,(H2,27,31)(H,28,30). The van der Waals surface area contributed by atoms with Crippen LogP contribution in [0.5, 0.6) is 0 Å².